The van der Waals surface area contributed by atoms with E-state index >= 15 is 0 Å². The van der Waals surface area contributed by atoms with Crippen molar-refractivity contribution in [1.29, 1.82) is 0 Å². The van der Waals surface area contributed by atoms with Gasteiger partial charge in [-0.2, -0.15) is 0 Å². The van der Waals surface area contributed by atoms with Gasteiger partial charge in [-0.1, -0.05) is 12.1 Å². The van der Waals surface area contributed by atoms with Gasteiger partial charge < -0.3 is 24.3 Å². The van der Waals surface area contributed by atoms with Crippen LogP contribution in [0.25, 0.3) is 0 Å². The third-order valence-electron chi connectivity index (χ3n) is 5.62. The maximum atomic E-state index is 13.1. The Morgan fingerprint density at radius 1 is 1.19 bits per heavy atom. The largest absolute Gasteiger partial charge is 0.497 e. The highest BCUT2D eigenvalue weighted by Crippen LogP contribution is 2.17. The predicted molar refractivity (Wildman–Crippen MR) is 120 cm³/mol. The highest BCUT2D eigenvalue weighted by Gasteiger charge is 2.29. The van der Waals surface area contributed by atoms with Crippen molar-refractivity contribution in [2.24, 2.45) is 0 Å². The van der Waals surface area contributed by atoms with Gasteiger partial charge in [0.1, 0.15) is 18.2 Å². The van der Waals surface area contributed by atoms with Crippen molar-refractivity contribution in [2.45, 2.75) is 33.0 Å². The number of H-pyrrole nitrogens is 1. The van der Waals surface area contributed by atoms with Crippen molar-refractivity contribution < 1.29 is 19.1 Å². The fraction of sp³-hybridized carbons (Fsp3) is 0.522. The molecule has 2 heterocycles. The van der Waals surface area contributed by atoms with Crippen LogP contribution in [0, 0.1) is 0 Å². The van der Waals surface area contributed by atoms with Crippen molar-refractivity contribution in [3.8, 4) is 5.75 Å². The number of hydrogen-bond donors (Lipinski definition) is 1. The molecule has 1 aromatic carbocycles. The van der Waals surface area contributed by atoms with Gasteiger partial charge in [0, 0.05) is 45.1 Å². The zero-order chi connectivity index (χ0) is 22.9. The molecule has 0 unspecified atom stereocenters. The quantitative estimate of drug-likeness (QED) is 0.599. The van der Waals surface area contributed by atoms with Gasteiger partial charge in [0.2, 0.25) is 11.8 Å². The van der Waals surface area contributed by atoms with Crippen molar-refractivity contribution in [3.63, 3.8) is 0 Å². The number of carbonyl (C=O) groups is 2. The molecule has 0 spiro atoms. The van der Waals surface area contributed by atoms with E-state index in [-0.39, 0.29) is 31.1 Å². The minimum atomic E-state index is -0.283. The minimum Gasteiger partial charge on any atom is -0.497 e. The van der Waals surface area contributed by atoms with E-state index in [1.807, 2.05) is 43.0 Å². The van der Waals surface area contributed by atoms with Crippen LogP contribution in [0.2, 0.25) is 0 Å². The van der Waals surface area contributed by atoms with Crippen LogP contribution in [-0.2, 0) is 27.4 Å². The summed E-state index contributed by atoms with van der Waals surface area (Å²) in [5, 5.41) is 0. The van der Waals surface area contributed by atoms with Crippen LogP contribution < -0.4 is 4.74 Å². The van der Waals surface area contributed by atoms with Gasteiger partial charge in [-0.15, -0.1) is 0 Å². The summed E-state index contributed by atoms with van der Waals surface area (Å²) in [7, 11) is 1.63. The molecule has 174 valence electrons. The molecule has 0 bridgehead atoms. The van der Waals surface area contributed by atoms with E-state index in [0.717, 1.165) is 17.1 Å². The fourth-order valence-electron chi connectivity index (χ4n) is 3.83. The Bertz CT molecular complexity index is 852. The first-order chi connectivity index (χ1) is 15.5. The van der Waals surface area contributed by atoms with Gasteiger partial charge in [0.15, 0.2) is 0 Å². The third-order valence-corrected chi connectivity index (χ3v) is 5.62. The van der Waals surface area contributed by atoms with Crippen LogP contribution in [0.15, 0.2) is 36.7 Å². The summed E-state index contributed by atoms with van der Waals surface area (Å²) in [6.07, 6.45) is 3.18. The molecule has 0 aliphatic carbocycles. The second-order valence-corrected chi connectivity index (χ2v) is 7.83. The Hall–Kier alpha value is -2.91. The van der Waals surface area contributed by atoms with E-state index < -0.39 is 0 Å². The Balaban J connectivity index is 1.70. The summed E-state index contributed by atoms with van der Waals surface area (Å²) in [5.41, 5.74) is 1.01. The molecule has 9 nitrogen and oxygen atoms in total. The second kappa shape index (κ2) is 11.6. The summed E-state index contributed by atoms with van der Waals surface area (Å²) in [5.74, 6) is 1.55. The number of aromatic amines is 1. The Morgan fingerprint density at radius 2 is 1.94 bits per heavy atom. The maximum Gasteiger partial charge on any atom is 0.248 e. The summed E-state index contributed by atoms with van der Waals surface area (Å²) < 4.78 is 11.3. The molecule has 1 aromatic heterocycles. The summed E-state index contributed by atoms with van der Waals surface area (Å²) in [6, 6.07) is 7.68. The number of nitrogens with one attached hydrogen (secondary N) is 1. The Kier molecular flexibility index (Phi) is 8.64. The molecule has 2 aromatic rings. The molecule has 3 rings (SSSR count). The highest BCUT2D eigenvalue weighted by molar-refractivity contribution is 5.79. The molecule has 9 heteroatoms. The maximum absolute atomic E-state index is 13.1. The lowest BCUT2D eigenvalue weighted by Gasteiger charge is -2.26. The van der Waals surface area contributed by atoms with E-state index in [9.17, 15) is 9.59 Å². The standard InChI is InChI=1S/C23H33N5O4/c1-4-27(5-2)23(30)17-32-20-13-26(15-21-24-10-11-25-21)16-22(29)28(14-20)12-18-6-8-19(31-3)9-7-18/h6-11,20H,4-5,12-17H2,1-3H3,(H,24,25)/t20-/m1/s1. The first kappa shape index (κ1) is 23.7. The van der Waals surface area contributed by atoms with Crippen LogP contribution >= 0.6 is 0 Å². The molecular weight excluding hydrogens is 410 g/mol. The number of imidazole rings is 1. The fourth-order valence-corrected chi connectivity index (χ4v) is 3.83. The monoisotopic (exact) mass is 443 g/mol. The normalized spacial score (nSPS) is 17.3. The minimum absolute atomic E-state index is 0.00546. The lowest BCUT2D eigenvalue weighted by Crippen LogP contribution is -2.40. The molecule has 0 saturated carbocycles. The topological polar surface area (TPSA) is 91.0 Å². The number of methoxy groups -OCH3 is 1. The molecule has 1 aliphatic heterocycles. The first-order valence-electron chi connectivity index (χ1n) is 11.0. The van der Waals surface area contributed by atoms with Crippen LogP contribution in [0.1, 0.15) is 25.2 Å². The number of amides is 2. The number of nitrogens with zero attached hydrogens (tertiary/aromatic N) is 4. The second-order valence-electron chi connectivity index (χ2n) is 7.83. The number of hydrogen-bond acceptors (Lipinski definition) is 6. The molecule has 32 heavy (non-hydrogen) atoms. The number of carbonyl (C=O) groups excluding carboxylic acids is 2. The van der Waals surface area contributed by atoms with Gasteiger partial charge in [0.05, 0.1) is 26.3 Å². The van der Waals surface area contributed by atoms with E-state index in [1.165, 1.54) is 0 Å². The molecule has 1 atom stereocenters. The molecule has 1 fully saturated rings. The molecule has 0 radical (unpaired) electrons. The molecule has 2 amide bonds. The van der Waals surface area contributed by atoms with Gasteiger partial charge >= 0.3 is 0 Å². The lowest BCUT2D eigenvalue weighted by atomic mass is 10.2. The first-order valence-corrected chi connectivity index (χ1v) is 11.0. The van der Waals surface area contributed by atoms with Crippen molar-refractivity contribution in [2.75, 3.05) is 46.4 Å². The van der Waals surface area contributed by atoms with Crippen molar-refractivity contribution in [3.05, 3.63) is 48.0 Å². The average molecular weight is 444 g/mol. The molecule has 1 saturated heterocycles. The molecule has 1 aliphatic rings. The summed E-state index contributed by atoms with van der Waals surface area (Å²) in [6.45, 7) is 7.42. The zero-order valence-corrected chi connectivity index (χ0v) is 19.1. The third kappa shape index (κ3) is 6.54. The number of aromatic nitrogens is 2. The van der Waals surface area contributed by atoms with E-state index in [1.54, 1.807) is 29.3 Å². The number of likely N-dealkylation sites (N-methyl/N-ethyl adjacent to an activating group) is 1. The zero-order valence-electron chi connectivity index (χ0n) is 19.1. The van der Waals surface area contributed by atoms with Crippen molar-refractivity contribution >= 4 is 11.8 Å². The van der Waals surface area contributed by atoms with E-state index in [0.29, 0.717) is 39.3 Å². The highest BCUT2D eigenvalue weighted by atomic mass is 16.5. The van der Waals surface area contributed by atoms with E-state index in [2.05, 4.69) is 9.97 Å². The van der Waals surface area contributed by atoms with Gasteiger partial charge in [-0.05, 0) is 31.5 Å². The van der Waals surface area contributed by atoms with Gasteiger partial charge in [-0.25, -0.2) is 4.98 Å². The SMILES string of the molecule is CCN(CC)C(=O)CO[C@@H]1CN(Cc2ncc[nH]2)CC(=O)N(Cc2ccc(OC)cc2)C1. The summed E-state index contributed by atoms with van der Waals surface area (Å²) >= 11 is 0. The molecular formula is C23H33N5O4. The number of rotatable bonds is 10. The molecule has 1 N–H and O–H groups in total. The lowest BCUT2D eigenvalue weighted by molar-refractivity contribution is -0.138. The predicted octanol–water partition coefficient (Wildman–Crippen LogP) is 1.52. The van der Waals surface area contributed by atoms with Crippen LogP contribution in [0.5, 0.6) is 5.75 Å². The van der Waals surface area contributed by atoms with Crippen LogP contribution in [0.4, 0.5) is 0 Å². The number of ether oxygens (including phenoxy) is 2. The van der Waals surface area contributed by atoms with Crippen molar-refractivity contribution in [1.82, 2.24) is 24.7 Å². The Morgan fingerprint density at radius 3 is 2.56 bits per heavy atom. The number of benzene rings is 1. The van der Waals surface area contributed by atoms with Gasteiger partial charge in [-0.3, -0.25) is 14.5 Å². The average Bonchev–Trinajstić information content (AvgIpc) is 3.26. The smallest absolute Gasteiger partial charge is 0.248 e. The summed E-state index contributed by atoms with van der Waals surface area (Å²) in [4.78, 5) is 38.4. The Labute approximate surface area is 189 Å². The van der Waals surface area contributed by atoms with E-state index in [4.69, 9.17) is 9.47 Å². The van der Waals surface area contributed by atoms with Crippen LogP contribution in [-0.4, -0.2) is 89.0 Å². The van der Waals surface area contributed by atoms with Crippen LogP contribution in [0.3, 0.4) is 0 Å². The van der Waals surface area contributed by atoms with Gasteiger partial charge in [0.25, 0.3) is 0 Å².